The van der Waals surface area contributed by atoms with Crippen LogP contribution in [0, 0.1) is 0 Å². The van der Waals surface area contributed by atoms with Gasteiger partial charge in [0.2, 0.25) is 0 Å². The second-order valence-corrected chi connectivity index (χ2v) is 7.89. The Hall–Kier alpha value is -4.44. The lowest BCUT2D eigenvalue weighted by atomic mass is 10.2. The molecule has 0 bridgehead atoms. The molecule has 2 N–H and O–H groups in total. The number of amides is 2. The van der Waals surface area contributed by atoms with Crippen LogP contribution in [-0.4, -0.2) is 62.8 Å². The molecule has 2 amide bonds. The van der Waals surface area contributed by atoms with Gasteiger partial charge in [-0.2, -0.15) is 0 Å². The van der Waals surface area contributed by atoms with Gasteiger partial charge in [0.15, 0.2) is 6.61 Å². The van der Waals surface area contributed by atoms with E-state index in [1.54, 1.807) is 67.8 Å². The van der Waals surface area contributed by atoms with Crippen molar-refractivity contribution in [2.45, 2.75) is 0 Å². The lowest BCUT2D eigenvalue weighted by molar-refractivity contribution is -0.119. The van der Waals surface area contributed by atoms with Gasteiger partial charge in [-0.3, -0.25) is 9.59 Å². The molecule has 0 spiro atoms. The third-order valence-corrected chi connectivity index (χ3v) is 5.43. The monoisotopic (exact) mass is 490 g/mol. The van der Waals surface area contributed by atoms with Gasteiger partial charge < -0.3 is 29.7 Å². The molecule has 2 aromatic carbocycles. The van der Waals surface area contributed by atoms with Crippen LogP contribution >= 0.6 is 0 Å². The van der Waals surface area contributed by atoms with Gasteiger partial charge in [0, 0.05) is 36.2 Å². The number of nitrogens with one attached hydrogen (secondary N) is 2. The number of pyridine rings is 1. The molecule has 0 atom stereocenters. The van der Waals surface area contributed by atoms with Crippen molar-refractivity contribution in [2.24, 2.45) is 0 Å². The van der Waals surface area contributed by atoms with Crippen molar-refractivity contribution in [1.29, 1.82) is 0 Å². The minimum absolute atomic E-state index is 0.257. The molecule has 10 nitrogen and oxygen atoms in total. The molecule has 0 unspecified atom stereocenters. The third kappa shape index (κ3) is 6.57. The zero-order chi connectivity index (χ0) is 25.3. The summed E-state index contributed by atoms with van der Waals surface area (Å²) >= 11 is 0. The zero-order valence-corrected chi connectivity index (χ0v) is 19.7. The number of nitrogens with zero attached hydrogens (tertiary/aromatic N) is 2. The van der Waals surface area contributed by atoms with Gasteiger partial charge in [0.05, 0.1) is 25.9 Å². The number of aromatic nitrogens is 1. The van der Waals surface area contributed by atoms with E-state index < -0.39 is 18.5 Å². The maximum atomic E-state index is 12.4. The van der Waals surface area contributed by atoms with E-state index in [1.165, 1.54) is 6.20 Å². The predicted octanol–water partition coefficient (Wildman–Crippen LogP) is 2.97. The quantitative estimate of drug-likeness (QED) is 0.463. The van der Waals surface area contributed by atoms with Crippen LogP contribution in [0.25, 0.3) is 0 Å². The standard InChI is InChI=1S/C26H26N4O6/c1-34-22-9-7-21(8-10-22)29-25(32)18-2-5-20(6-3-18)28-24(31)17-36-26(33)19-4-11-23(27-16-19)30-12-14-35-15-13-30/h2-11,16H,12-15,17H2,1H3,(H,28,31)(H,29,32). The first-order valence-corrected chi connectivity index (χ1v) is 11.3. The molecule has 1 aliphatic heterocycles. The number of benzene rings is 2. The largest absolute Gasteiger partial charge is 0.497 e. The van der Waals surface area contributed by atoms with Crippen LogP contribution < -0.4 is 20.3 Å². The Balaban J connectivity index is 1.23. The highest BCUT2D eigenvalue weighted by Crippen LogP contribution is 2.17. The van der Waals surface area contributed by atoms with E-state index in [0.29, 0.717) is 35.9 Å². The van der Waals surface area contributed by atoms with Crippen molar-refractivity contribution in [3.05, 3.63) is 78.0 Å². The summed E-state index contributed by atoms with van der Waals surface area (Å²) in [5.41, 5.74) is 1.77. The molecule has 186 valence electrons. The third-order valence-electron chi connectivity index (χ3n) is 5.43. The minimum Gasteiger partial charge on any atom is -0.497 e. The van der Waals surface area contributed by atoms with E-state index in [9.17, 15) is 14.4 Å². The number of hydrogen-bond donors (Lipinski definition) is 2. The molecular formula is C26H26N4O6. The molecule has 1 aromatic heterocycles. The molecular weight excluding hydrogens is 464 g/mol. The van der Waals surface area contributed by atoms with Gasteiger partial charge >= 0.3 is 5.97 Å². The van der Waals surface area contributed by atoms with Gasteiger partial charge in [0.1, 0.15) is 11.6 Å². The zero-order valence-electron chi connectivity index (χ0n) is 19.7. The number of ether oxygens (including phenoxy) is 3. The normalized spacial score (nSPS) is 13.0. The summed E-state index contributed by atoms with van der Waals surface area (Å²) in [7, 11) is 1.57. The van der Waals surface area contributed by atoms with Gasteiger partial charge in [-0.05, 0) is 60.7 Å². The number of carbonyl (C=O) groups is 3. The summed E-state index contributed by atoms with van der Waals surface area (Å²) in [5, 5.41) is 5.42. The van der Waals surface area contributed by atoms with Crippen molar-refractivity contribution < 1.29 is 28.6 Å². The topological polar surface area (TPSA) is 119 Å². The summed E-state index contributed by atoms with van der Waals surface area (Å²) in [6.07, 6.45) is 1.43. The number of hydrogen-bond acceptors (Lipinski definition) is 8. The number of esters is 1. The second kappa shape index (κ2) is 11.8. The first-order chi connectivity index (χ1) is 17.5. The highest BCUT2D eigenvalue weighted by molar-refractivity contribution is 6.04. The van der Waals surface area contributed by atoms with Crippen molar-refractivity contribution in [1.82, 2.24) is 4.98 Å². The number of carbonyl (C=O) groups excluding carboxylic acids is 3. The average molecular weight is 491 g/mol. The molecule has 10 heteroatoms. The molecule has 1 aliphatic rings. The molecule has 1 fully saturated rings. The van der Waals surface area contributed by atoms with Crippen molar-refractivity contribution in [3.63, 3.8) is 0 Å². The van der Waals surface area contributed by atoms with E-state index >= 15 is 0 Å². The van der Waals surface area contributed by atoms with Crippen LogP contribution in [-0.2, 0) is 14.3 Å². The Kier molecular flexibility index (Phi) is 8.09. The Morgan fingerprint density at radius 2 is 1.53 bits per heavy atom. The van der Waals surface area contributed by atoms with Gasteiger partial charge in [-0.25, -0.2) is 9.78 Å². The molecule has 4 rings (SSSR count). The Labute approximate surface area is 208 Å². The average Bonchev–Trinajstić information content (AvgIpc) is 2.93. The van der Waals surface area contributed by atoms with Crippen LogP contribution in [0.1, 0.15) is 20.7 Å². The lowest BCUT2D eigenvalue weighted by Gasteiger charge is -2.27. The van der Waals surface area contributed by atoms with Crippen LogP contribution in [0.2, 0.25) is 0 Å². The van der Waals surface area contributed by atoms with Crippen LogP contribution in [0.3, 0.4) is 0 Å². The maximum Gasteiger partial charge on any atom is 0.340 e. The molecule has 0 saturated carbocycles. The van der Waals surface area contributed by atoms with Crippen LogP contribution in [0.4, 0.5) is 17.2 Å². The number of morpholine rings is 1. The highest BCUT2D eigenvalue weighted by Gasteiger charge is 2.15. The fraction of sp³-hybridized carbons (Fsp3) is 0.231. The van der Waals surface area contributed by atoms with E-state index in [1.807, 2.05) is 0 Å². The van der Waals surface area contributed by atoms with Gasteiger partial charge in [-0.15, -0.1) is 0 Å². The molecule has 3 aromatic rings. The van der Waals surface area contributed by atoms with E-state index in [0.717, 1.165) is 18.9 Å². The maximum absolute atomic E-state index is 12.4. The summed E-state index contributed by atoms with van der Waals surface area (Å²) in [4.78, 5) is 43.3. The molecule has 2 heterocycles. The van der Waals surface area contributed by atoms with Crippen molar-refractivity contribution in [3.8, 4) is 5.75 Å². The number of anilines is 3. The molecule has 1 saturated heterocycles. The Morgan fingerprint density at radius 1 is 0.889 bits per heavy atom. The fourth-order valence-corrected chi connectivity index (χ4v) is 3.48. The highest BCUT2D eigenvalue weighted by atomic mass is 16.5. The molecule has 36 heavy (non-hydrogen) atoms. The number of rotatable bonds is 8. The number of methoxy groups -OCH3 is 1. The summed E-state index contributed by atoms with van der Waals surface area (Å²) in [6.45, 7) is 2.31. The smallest absolute Gasteiger partial charge is 0.340 e. The van der Waals surface area contributed by atoms with E-state index in [4.69, 9.17) is 14.2 Å². The summed E-state index contributed by atoms with van der Waals surface area (Å²) in [6, 6.07) is 16.7. The van der Waals surface area contributed by atoms with Crippen molar-refractivity contribution in [2.75, 3.05) is 55.6 Å². The lowest BCUT2D eigenvalue weighted by Crippen LogP contribution is -2.36. The predicted molar refractivity (Wildman–Crippen MR) is 134 cm³/mol. The molecule has 0 radical (unpaired) electrons. The summed E-state index contributed by atoms with van der Waals surface area (Å²) < 4.78 is 15.5. The Morgan fingerprint density at radius 3 is 2.17 bits per heavy atom. The van der Waals surface area contributed by atoms with Gasteiger partial charge in [0.25, 0.3) is 11.8 Å². The van der Waals surface area contributed by atoms with Crippen molar-refractivity contribution >= 4 is 35.0 Å². The fourth-order valence-electron chi connectivity index (χ4n) is 3.48. The van der Waals surface area contributed by atoms with E-state index in [-0.39, 0.29) is 11.5 Å². The first-order valence-electron chi connectivity index (χ1n) is 11.3. The summed E-state index contributed by atoms with van der Waals surface area (Å²) in [5.74, 6) is 0.0134. The first kappa shape index (κ1) is 24.7. The van der Waals surface area contributed by atoms with E-state index in [2.05, 4.69) is 20.5 Å². The Bertz CT molecular complexity index is 1190. The van der Waals surface area contributed by atoms with Crippen LogP contribution in [0.5, 0.6) is 5.75 Å². The SMILES string of the molecule is COc1ccc(NC(=O)c2ccc(NC(=O)COC(=O)c3ccc(N4CCOCC4)nc3)cc2)cc1. The molecule has 0 aliphatic carbocycles. The minimum atomic E-state index is -0.642. The van der Waals surface area contributed by atoms with Gasteiger partial charge in [-0.1, -0.05) is 0 Å². The van der Waals surface area contributed by atoms with Crippen LogP contribution in [0.15, 0.2) is 66.9 Å². The second-order valence-electron chi connectivity index (χ2n) is 7.89.